The van der Waals surface area contributed by atoms with Crippen LogP contribution < -0.4 is 9.47 Å². The molecule has 0 bridgehead atoms. The molecule has 0 N–H and O–H groups in total. The van der Waals surface area contributed by atoms with E-state index in [1.54, 1.807) is 38.5 Å². The highest BCUT2D eigenvalue weighted by Crippen LogP contribution is 2.37. The standard InChI is InChI=1S/C24H28FN3O5/c1-16(29)27(11-12-31-2)15-24(30)28-21(18-7-10-22(32-3)23(13-18)33-4)14-20(26-28)17-5-8-19(25)9-6-17/h5-10,13,21H,11-12,14-15H2,1-4H3/t21-/m0/s1. The maximum Gasteiger partial charge on any atom is 0.262 e. The number of carbonyl (C=O) groups is 2. The van der Waals surface area contributed by atoms with Gasteiger partial charge in [-0.05, 0) is 35.4 Å². The third-order valence-corrected chi connectivity index (χ3v) is 5.47. The highest BCUT2D eigenvalue weighted by molar-refractivity contribution is 6.03. The Morgan fingerprint density at radius 2 is 1.79 bits per heavy atom. The summed E-state index contributed by atoms with van der Waals surface area (Å²) in [5.74, 6) is 0.183. The quantitative estimate of drug-likeness (QED) is 0.578. The minimum absolute atomic E-state index is 0.136. The average molecular weight is 458 g/mol. The molecule has 176 valence electrons. The predicted octanol–water partition coefficient (Wildman–Crippen LogP) is 3.02. The van der Waals surface area contributed by atoms with Gasteiger partial charge in [0.25, 0.3) is 5.91 Å². The molecule has 0 radical (unpaired) electrons. The molecule has 1 heterocycles. The van der Waals surface area contributed by atoms with Crippen LogP contribution in [0.2, 0.25) is 0 Å². The minimum atomic E-state index is -0.423. The molecule has 2 aromatic carbocycles. The summed E-state index contributed by atoms with van der Waals surface area (Å²) < 4.78 is 29.2. The van der Waals surface area contributed by atoms with Crippen LogP contribution in [0.15, 0.2) is 47.6 Å². The summed E-state index contributed by atoms with van der Waals surface area (Å²) >= 11 is 0. The molecule has 0 aliphatic carbocycles. The lowest BCUT2D eigenvalue weighted by molar-refractivity contribution is -0.141. The molecular formula is C24H28FN3O5. The van der Waals surface area contributed by atoms with E-state index in [9.17, 15) is 14.0 Å². The van der Waals surface area contributed by atoms with Crippen LogP contribution in [0.5, 0.6) is 11.5 Å². The van der Waals surface area contributed by atoms with Crippen molar-refractivity contribution in [3.63, 3.8) is 0 Å². The van der Waals surface area contributed by atoms with Gasteiger partial charge in [0.05, 0.1) is 32.6 Å². The van der Waals surface area contributed by atoms with Crippen molar-refractivity contribution in [3.05, 3.63) is 59.4 Å². The Kier molecular flexibility index (Phi) is 8.00. The zero-order valence-electron chi connectivity index (χ0n) is 19.2. The Morgan fingerprint density at radius 3 is 2.39 bits per heavy atom. The predicted molar refractivity (Wildman–Crippen MR) is 121 cm³/mol. The van der Waals surface area contributed by atoms with E-state index in [0.717, 1.165) is 11.1 Å². The Hall–Kier alpha value is -3.46. The van der Waals surface area contributed by atoms with Gasteiger partial charge in [0.15, 0.2) is 11.5 Å². The maximum atomic E-state index is 13.4. The van der Waals surface area contributed by atoms with Crippen molar-refractivity contribution in [2.24, 2.45) is 5.10 Å². The van der Waals surface area contributed by atoms with Crippen LogP contribution in [0.4, 0.5) is 4.39 Å². The van der Waals surface area contributed by atoms with Gasteiger partial charge >= 0.3 is 0 Å². The van der Waals surface area contributed by atoms with Crippen LogP contribution in [0.1, 0.15) is 30.5 Å². The lowest BCUT2D eigenvalue weighted by atomic mass is 9.98. The number of halogens is 1. The van der Waals surface area contributed by atoms with Gasteiger partial charge in [0.2, 0.25) is 5.91 Å². The summed E-state index contributed by atoms with van der Waals surface area (Å²) in [6.07, 6.45) is 0.422. The lowest BCUT2D eigenvalue weighted by Gasteiger charge is -2.26. The van der Waals surface area contributed by atoms with Gasteiger partial charge in [-0.3, -0.25) is 9.59 Å². The number of hydrazone groups is 1. The third-order valence-electron chi connectivity index (χ3n) is 5.47. The normalized spacial score (nSPS) is 15.2. The first kappa shape index (κ1) is 24.2. The Labute approximate surface area is 192 Å². The first-order valence-electron chi connectivity index (χ1n) is 10.5. The van der Waals surface area contributed by atoms with Crippen molar-refractivity contribution in [2.75, 3.05) is 41.0 Å². The van der Waals surface area contributed by atoms with E-state index >= 15 is 0 Å². The summed E-state index contributed by atoms with van der Waals surface area (Å²) in [6, 6.07) is 11.0. The van der Waals surface area contributed by atoms with Crippen molar-refractivity contribution in [3.8, 4) is 11.5 Å². The van der Waals surface area contributed by atoms with Crippen LogP contribution in [-0.4, -0.2) is 68.5 Å². The molecule has 2 aromatic rings. The van der Waals surface area contributed by atoms with Crippen LogP contribution >= 0.6 is 0 Å². The fourth-order valence-electron chi connectivity index (χ4n) is 3.66. The second-order valence-corrected chi connectivity index (χ2v) is 7.56. The summed E-state index contributed by atoms with van der Waals surface area (Å²) in [7, 11) is 4.63. The molecule has 0 saturated heterocycles. The van der Waals surface area contributed by atoms with Crippen LogP contribution in [-0.2, 0) is 14.3 Å². The molecule has 8 nitrogen and oxygen atoms in total. The van der Waals surface area contributed by atoms with Gasteiger partial charge in [0, 0.05) is 27.0 Å². The third kappa shape index (κ3) is 5.67. The molecule has 0 spiro atoms. The molecule has 33 heavy (non-hydrogen) atoms. The second-order valence-electron chi connectivity index (χ2n) is 7.56. The topological polar surface area (TPSA) is 80.7 Å². The van der Waals surface area contributed by atoms with E-state index in [1.807, 2.05) is 6.07 Å². The second kappa shape index (κ2) is 10.9. The van der Waals surface area contributed by atoms with E-state index < -0.39 is 6.04 Å². The zero-order valence-corrected chi connectivity index (χ0v) is 19.2. The number of ether oxygens (including phenoxy) is 3. The zero-order chi connectivity index (χ0) is 24.0. The summed E-state index contributed by atoms with van der Waals surface area (Å²) in [4.78, 5) is 26.7. The fourth-order valence-corrected chi connectivity index (χ4v) is 3.66. The summed E-state index contributed by atoms with van der Waals surface area (Å²) in [5, 5.41) is 5.96. The van der Waals surface area contributed by atoms with Crippen molar-refractivity contribution in [2.45, 2.75) is 19.4 Å². The number of nitrogens with zero attached hydrogens (tertiary/aromatic N) is 3. The molecular weight excluding hydrogens is 429 g/mol. The SMILES string of the molecule is COCCN(CC(=O)N1N=C(c2ccc(F)cc2)C[C@H]1c1ccc(OC)c(OC)c1)C(C)=O. The summed E-state index contributed by atoms with van der Waals surface area (Å²) in [6.45, 7) is 1.88. The van der Waals surface area contributed by atoms with Crippen molar-refractivity contribution in [1.82, 2.24) is 9.91 Å². The molecule has 1 atom stereocenters. The van der Waals surface area contributed by atoms with Gasteiger partial charge in [-0.15, -0.1) is 0 Å². The Balaban J connectivity index is 1.94. The molecule has 3 rings (SSSR count). The summed E-state index contributed by atoms with van der Waals surface area (Å²) in [5.41, 5.74) is 2.17. The molecule has 0 aromatic heterocycles. The first-order chi connectivity index (χ1) is 15.9. The van der Waals surface area contributed by atoms with Crippen molar-refractivity contribution < 1.29 is 28.2 Å². The molecule has 9 heteroatoms. The van der Waals surface area contributed by atoms with Crippen molar-refractivity contribution >= 4 is 17.5 Å². The average Bonchev–Trinajstić information content (AvgIpc) is 3.27. The number of benzene rings is 2. The van der Waals surface area contributed by atoms with E-state index in [4.69, 9.17) is 14.2 Å². The molecule has 0 unspecified atom stereocenters. The van der Waals surface area contributed by atoms with E-state index in [-0.39, 0.29) is 24.2 Å². The number of rotatable bonds is 9. The van der Waals surface area contributed by atoms with Gasteiger partial charge < -0.3 is 19.1 Å². The highest BCUT2D eigenvalue weighted by Gasteiger charge is 2.34. The van der Waals surface area contributed by atoms with E-state index in [0.29, 0.717) is 36.8 Å². The van der Waals surface area contributed by atoms with Crippen LogP contribution in [0.25, 0.3) is 0 Å². The van der Waals surface area contributed by atoms with Gasteiger partial charge in [-0.1, -0.05) is 18.2 Å². The van der Waals surface area contributed by atoms with Gasteiger partial charge in [-0.2, -0.15) is 5.10 Å². The Bertz CT molecular complexity index is 1030. The monoisotopic (exact) mass is 457 g/mol. The molecule has 2 amide bonds. The van der Waals surface area contributed by atoms with Crippen LogP contribution in [0.3, 0.4) is 0 Å². The number of amides is 2. The molecule has 1 aliphatic rings. The molecule has 0 fully saturated rings. The Morgan fingerprint density at radius 1 is 1.09 bits per heavy atom. The largest absolute Gasteiger partial charge is 0.493 e. The van der Waals surface area contributed by atoms with E-state index in [2.05, 4.69) is 5.10 Å². The first-order valence-corrected chi connectivity index (χ1v) is 10.5. The number of methoxy groups -OCH3 is 3. The molecule has 0 saturated carbocycles. The maximum absolute atomic E-state index is 13.4. The minimum Gasteiger partial charge on any atom is -0.493 e. The highest BCUT2D eigenvalue weighted by atomic mass is 19.1. The smallest absolute Gasteiger partial charge is 0.262 e. The van der Waals surface area contributed by atoms with E-state index in [1.165, 1.54) is 36.1 Å². The van der Waals surface area contributed by atoms with Gasteiger partial charge in [-0.25, -0.2) is 9.40 Å². The lowest BCUT2D eigenvalue weighted by Crippen LogP contribution is -2.41. The van der Waals surface area contributed by atoms with Crippen LogP contribution in [0, 0.1) is 5.82 Å². The molecule has 1 aliphatic heterocycles. The number of hydrogen-bond donors (Lipinski definition) is 0. The van der Waals surface area contributed by atoms with Gasteiger partial charge in [0.1, 0.15) is 12.4 Å². The number of carbonyl (C=O) groups excluding carboxylic acids is 2. The number of hydrogen-bond acceptors (Lipinski definition) is 6. The van der Waals surface area contributed by atoms with Crippen molar-refractivity contribution in [1.29, 1.82) is 0 Å². The fraction of sp³-hybridized carbons (Fsp3) is 0.375.